The Balaban J connectivity index is 1.49. The lowest BCUT2D eigenvalue weighted by Crippen LogP contribution is -2.57. The number of benzene rings is 2. The number of amides is 2. The van der Waals surface area contributed by atoms with E-state index >= 15 is 0 Å². The SMILES string of the molecule is C[C@H](CCCC1CCN(C(=O)[C@](O)(c2cccc(Cl)c2)C(F)(F)F)CC1)Nc1ccc(C(=O)N(C)C)c(Cl)c1. The van der Waals surface area contributed by atoms with E-state index in [1.54, 1.807) is 26.2 Å². The van der Waals surface area contributed by atoms with Gasteiger partial charge in [-0.25, -0.2) is 0 Å². The Morgan fingerprint density at radius 1 is 1.13 bits per heavy atom. The summed E-state index contributed by atoms with van der Waals surface area (Å²) in [6, 6.07) is 10.1. The highest BCUT2D eigenvalue weighted by molar-refractivity contribution is 6.34. The van der Waals surface area contributed by atoms with Crippen LogP contribution in [0.25, 0.3) is 0 Å². The van der Waals surface area contributed by atoms with Crippen LogP contribution in [-0.2, 0) is 10.4 Å². The number of likely N-dealkylation sites (tertiary alicyclic amines) is 1. The molecule has 6 nitrogen and oxygen atoms in total. The Kier molecular flexibility index (Phi) is 10.2. The van der Waals surface area contributed by atoms with Crippen molar-refractivity contribution in [3.05, 3.63) is 63.6 Å². The van der Waals surface area contributed by atoms with E-state index in [0.29, 0.717) is 23.4 Å². The van der Waals surface area contributed by atoms with Crippen LogP contribution in [0.4, 0.5) is 18.9 Å². The monoisotopic (exact) mass is 587 g/mol. The Morgan fingerprint density at radius 2 is 1.79 bits per heavy atom. The minimum absolute atomic E-state index is 0.00458. The molecule has 2 atom stereocenters. The van der Waals surface area contributed by atoms with Crippen LogP contribution < -0.4 is 5.32 Å². The molecule has 0 bridgehead atoms. The highest BCUT2D eigenvalue weighted by atomic mass is 35.5. The maximum atomic E-state index is 13.9. The van der Waals surface area contributed by atoms with E-state index in [9.17, 15) is 27.9 Å². The number of rotatable bonds is 9. The van der Waals surface area contributed by atoms with Gasteiger partial charge in [0.05, 0.1) is 10.6 Å². The highest BCUT2D eigenvalue weighted by Gasteiger charge is 2.62. The third kappa shape index (κ3) is 7.38. The highest BCUT2D eigenvalue weighted by Crippen LogP contribution is 2.42. The van der Waals surface area contributed by atoms with Crippen LogP contribution in [0, 0.1) is 5.92 Å². The lowest BCUT2D eigenvalue weighted by molar-refractivity contribution is -0.262. The van der Waals surface area contributed by atoms with Crippen molar-refractivity contribution in [1.82, 2.24) is 9.80 Å². The number of halogens is 5. The van der Waals surface area contributed by atoms with Crippen molar-refractivity contribution < 1.29 is 27.9 Å². The Morgan fingerprint density at radius 3 is 2.36 bits per heavy atom. The normalized spacial score (nSPS) is 16.9. The molecular weight excluding hydrogens is 554 g/mol. The summed E-state index contributed by atoms with van der Waals surface area (Å²) in [5.74, 6) is -1.26. The van der Waals surface area contributed by atoms with Gasteiger partial charge in [-0.2, -0.15) is 13.2 Å². The van der Waals surface area contributed by atoms with Gasteiger partial charge in [0.25, 0.3) is 17.4 Å². The Labute approximate surface area is 237 Å². The first-order chi connectivity index (χ1) is 18.2. The molecule has 0 radical (unpaired) electrons. The molecule has 0 unspecified atom stereocenters. The Bertz CT molecular complexity index is 1170. The zero-order valence-electron chi connectivity index (χ0n) is 22.2. The van der Waals surface area contributed by atoms with Crippen molar-refractivity contribution in [3.63, 3.8) is 0 Å². The number of hydrogen-bond donors (Lipinski definition) is 2. The number of aliphatic hydroxyl groups is 1. The van der Waals surface area contributed by atoms with E-state index in [4.69, 9.17) is 23.2 Å². The largest absolute Gasteiger partial charge is 0.430 e. The predicted molar refractivity (Wildman–Crippen MR) is 147 cm³/mol. The van der Waals surface area contributed by atoms with Crippen LogP contribution in [-0.4, -0.2) is 66.1 Å². The van der Waals surface area contributed by atoms with Crippen molar-refractivity contribution in [3.8, 4) is 0 Å². The quantitative estimate of drug-likeness (QED) is 0.358. The van der Waals surface area contributed by atoms with Crippen molar-refractivity contribution in [2.45, 2.75) is 56.8 Å². The van der Waals surface area contributed by atoms with E-state index in [1.165, 1.54) is 17.0 Å². The summed E-state index contributed by atoms with van der Waals surface area (Å²) in [4.78, 5) is 27.7. The summed E-state index contributed by atoms with van der Waals surface area (Å²) in [7, 11) is 3.33. The molecule has 1 aliphatic rings. The summed E-state index contributed by atoms with van der Waals surface area (Å²) in [5.41, 5.74) is -2.99. The molecule has 0 spiro atoms. The molecule has 1 saturated heterocycles. The van der Waals surface area contributed by atoms with Gasteiger partial charge < -0.3 is 20.2 Å². The topological polar surface area (TPSA) is 72.9 Å². The molecular formula is C28H34Cl2F3N3O3. The summed E-state index contributed by atoms with van der Waals surface area (Å²) in [5, 5.41) is 14.4. The first-order valence-electron chi connectivity index (χ1n) is 12.9. The van der Waals surface area contributed by atoms with Crippen LogP contribution in [0.1, 0.15) is 54.9 Å². The fourth-order valence-corrected chi connectivity index (χ4v) is 5.32. The van der Waals surface area contributed by atoms with Crippen LogP contribution in [0.3, 0.4) is 0 Å². The van der Waals surface area contributed by atoms with Crippen LogP contribution in [0.15, 0.2) is 42.5 Å². The molecule has 0 saturated carbocycles. The number of carbonyl (C=O) groups excluding carboxylic acids is 2. The number of piperidine rings is 1. The van der Waals surface area contributed by atoms with E-state index in [2.05, 4.69) is 5.32 Å². The van der Waals surface area contributed by atoms with E-state index < -0.39 is 23.2 Å². The van der Waals surface area contributed by atoms with Crippen molar-refractivity contribution in [2.24, 2.45) is 5.92 Å². The molecule has 11 heteroatoms. The molecule has 2 aromatic carbocycles. The predicted octanol–water partition coefficient (Wildman–Crippen LogP) is 6.35. The van der Waals surface area contributed by atoms with Gasteiger partial charge in [-0.1, -0.05) is 48.2 Å². The smallest absolute Gasteiger partial charge is 0.383 e. The molecule has 214 valence electrons. The third-order valence-electron chi connectivity index (χ3n) is 7.13. The van der Waals surface area contributed by atoms with Crippen molar-refractivity contribution >= 4 is 40.7 Å². The maximum Gasteiger partial charge on any atom is 0.430 e. The van der Waals surface area contributed by atoms with Crippen molar-refractivity contribution in [2.75, 3.05) is 32.5 Å². The van der Waals surface area contributed by atoms with Gasteiger partial charge in [0, 0.05) is 49.5 Å². The summed E-state index contributed by atoms with van der Waals surface area (Å²) < 4.78 is 41.8. The fraction of sp³-hybridized carbons (Fsp3) is 0.500. The van der Waals surface area contributed by atoms with Gasteiger partial charge >= 0.3 is 6.18 Å². The first kappa shape index (κ1) is 31.0. The zero-order valence-corrected chi connectivity index (χ0v) is 23.7. The summed E-state index contributed by atoms with van der Waals surface area (Å²) in [6.07, 6.45) is -1.43. The van der Waals surface area contributed by atoms with Gasteiger partial charge in [0.2, 0.25) is 0 Å². The second-order valence-corrected chi connectivity index (χ2v) is 11.2. The van der Waals surface area contributed by atoms with Crippen LogP contribution in [0.2, 0.25) is 10.0 Å². The first-order valence-corrected chi connectivity index (χ1v) is 13.6. The number of alkyl halides is 3. The lowest BCUT2D eigenvalue weighted by atomic mass is 9.87. The molecule has 0 aliphatic carbocycles. The van der Waals surface area contributed by atoms with Gasteiger partial charge in [0.15, 0.2) is 0 Å². The van der Waals surface area contributed by atoms with Crippen LogP contribution >= 0.6 is 23.2 Å². The van der Waals surface area contributed by atoms with Crippen LogP contribution in [0.5, 0.6) is 0 Å². The number of hydrogen-bond acceptors (Lipinski definition) is 4. The number of nitrogens with one attached hydrogen (secondary N) is 1. The Hall–Kier alpha value is -2.49. The number of carbonyl (C=O) groups is 2. The molecule has 2 aromatic rings. The van der Waals surface area contributed by atoms with Gasteiger partial charge in [-0.3, -0.25) is 9.59 Å². The molecule has 1 aliphatic heterocycles. The minimum Gasteiger partial charge on any atom is -0.383 e. The molecule has 0 aromatic heterocycles. The second kappa shape index (κ2) is 12.8. The second-order valence-electron chi connectivity index (χ2n) is 10.3. The van der Waals surface area contributed by atoms with Gasteiger partial charge in [-0.05, 0) is 62.4 Å². The average Bonchev–Trinajstić information content (AvgIpc) is 2.87. The molecule has 1 fully saturated rings. The molecule has 2 N–H and O–H groups in total. The van der Waals surface area contributed by atoms with Gasteiger partial charge in [-0.15, -0.1) is 0 Å². The standard InChI is InChI=1S/C28H34Cl2F3N3O3/c1-18(34-22-10-11-23(24(30)17-22)25(37)35(2)3)6-4-7-19-12-14-36(15-13-19)26(38)27(39,28(31,32)33)20-8-5-9-21(29)16-20/h5,8-11,16-19,34,39H,4,6-7,12-15H2,1-3H3/t18-,27-/m1/s1. The lowest BCUT2D eigenvalue weighted by Gasteiger charge is -2.38. The van der Waals surface area contributed by atoms with E-state index in [0.717, 1.165) is 42.0 Å². The summed E-state index contributed by atoms with van der Waals surface area (Å²) in [6.45, 7) is 2.33. The zero-order chi connectivity index (χ0) is 29.0. The molecule has 1 heterocycles. The van der Waals surface area contributed by atoms with Crippen molar-refractivity contribution in [1.29, 1.82) is 0 Å². The fourth-order valence-electron chi connectivity index (χ4n) is 4.86. The average molecular weight is 588 g/mol. The number of anilines is 1. The molecule has 3 rings (SSSR count). The summed E-state index contributed by atoms with van der Waals surface area (Å²) >= 11 is 12.1. The van der Waals surface area contributed by atoms with E-state index in [-0.39, 0.29) is 36.0 Å². The van der Waals surface area contributed by atoms with E-state index in [1.807, 2.05) is 13.0 Å². The van der Waals surface area contributed by atoms with Gasteiger partial charge in [0.1, 0.15) is 0 Å². The minimum atomic E-state index is -5.19. The third-order valence-corrected chi connectivity index (χ3v) is 7.68. The number of nitrogens with zero attached hydrogens (tertiary/aromatic N) is 2. The molecule has 39 heavy (non-hydrogen) atoms. The maximum absolute atomic E-state index is 13.9. The molecule has 2 amide bonds.